The third-order valence-electron chi connectivity index (χ3n) is 3.60. The Morgan fingerprint density at radius 1 is 0.950 bits per heavy atom. The van der Waals surface area contributed by atoms with Gasteiger partial charge < -0.3 is 4.74 Å². The lowest BCUT2D eigenvalue weighted by Crippen LogP contribution is -2.10. The van der Waals surface area contributed by atoms with Crippen molar-refractivity contribution in [2.75, 3.05) is 6.61 Å². The standard InChI is InChI=1S/C19H22O/c1-15(16(2)18-10-6-4-7-11-18)14-20-17(3)19-12-8-5-9-13-19/h4-13,15,17H,2,14H2,1,3H3. The van der Waals surface area contributed by atoms with Crippen LogP contribution in [0.15, 0.2) is 67.2 Å². The molecule has 2 rings (SSSR count). The average molecular weight is 266 g/mol. The minimum absolute atomic E-state index is 0.113. The van der Waals surface area contributed by atoms with Gasteiger partial charge in [-0.2, -0.15) is 0 Å². The van der Waals surface area contributed by atoms with Crippen molar-refractivity contribution in [3.63, 3.8) is 0 Å². The van der Waals surface area contributed by atoms with Crippen LogP contribution in [-0.2, 0) is 4.74 Å². The van der Waals surface area contributed by atoms with E-state index in [0.717, 1.165) is 5.57 Å². The Morgan fingerprint density at radius 2 is 1.50 bits per heavy atom. The van der Waals surface area contributed by atoms with Gasteiger partial charge in [0, 0.05) is 5.92 Å². The molecule has 0 aliphatic rings. The van der Waals surface area contributed by atoms with Gasteiger partial charge in [0.1, 0.15) is 0 Å². The molecule has 0 bridgehead atoms. The van der Waals surface area contributed by atoms with Gasteiger partial charge in [-0.25, -0.2) is 0 Å². The molecule has 0 heterocycles. The molecular weight excluding hydrogens is 244 g/mol. The quantitative estimate of drug-likeness (QED) is 0.705. The van der Waals surface area contributed by atoms with E-state index in [2.05, 4.69) is 44.7 Å². The molecule has 1 nitrogen and oxygen atoms in total. The van der Waals surface area contributed by atoms with Crippen LogP contribution in [0.3, 0.4) is 0 Å². The molecule has 0 radical (unpaired) electrons. The van der Waals surface area contributed by atoms with Crippen LogP contribution >= 0.6 is 0 Å². The zero-order chi connectivity index (χ0) is 14.4. The Bertz CT molecular complexity index is 530. The fourth-order valence-electron chi connectivity index (χ4n) is 2.15. The summed E-state index contributed by atoms with van der Waals surface area (Å²) >= 11 is 0. The van der Waals surface area contributed by atoms with E-state index in [1.807, 2.05) is 36.4 Å². The van der Waals surface area contributed by atoms with Crippen LogP contribution < -0.4 is 0 Å². The lowest BCUT2D eigenvalue weighted by atomic mass is 9.96. The normalized spacial score (nSPS) is 13.7. The SMILES string of the molecule is C=C(c1ccccc1)C(C)COC(C)c1ccccc1. The lowest BCUT2D eigenvalue weighted by molar-refractivity contribution is 0.0540. The predicted molar refractivity (Wildman–Crippen MR) is 85.4 cm³/mol. The topological polar surface area (TPSA) is 9.23 Å². The van der Waals surface area contributed by atoms with E-state index in [9.17, 15) is 0 Å². The Morgan fingerprint density at radius 3 is 2.10 bits per heavy atom. The smallest absolute Gasteiger partial charge is 0.0797 e. The molecule has 2 aromatic rings. The van der Waals surface area contributed by atoms with Gasteiger partial charge in [-0.15, -0.1) is 0 Å². The minimum atomic E-state index is 0.113. The van der Waals surface area contributed by atoms with E-state index < -0.39 is 0 Å². The van der Waals surface area contributed by atoms with Crippen LogP contribution in [0, 0.1) is 5.92 Å². The van der Waals surface area contributed by atoms with Gasteiger partial charge in [-0.3, -0.25) is 0 Å². The molecule has 0 amide bonds. The molecule has 20 heavy (non-hydrogen) atoms. The Balaban J connectivity index is 1.89. The molecule has 2 atom stereocenters. The van der Waals surface area contributed by atoms with Crippen LogP contribution in [0.25, 0.3) is 5.57 Å². The third-order valence-corrected chi connectivity index (χ3v) is 3.60. The predicted octanol–water partition coefficient (Wildman–Crippen LogP) is 5.11. The molecule has 0 N–H and O–H groups in total. The van der Waals surface area contributed by atoms with Crippen molar-refractivity contribution < 1.29 is 4.74 Å². The van der Waals surface area contributed by atoms with Crippen LogP contribution in [0.1, 0.15) is 31.1 Å². The molecule has 0 aromatic heterocycles. The fourth-order valence-corrected chi connectivity index (χ4v) is 2.15. The van der Waals surface area contributed by atoms with Gasteiger partial charge in [0.15, 0.2) is 0 Å². The molecule has 2 unspecified atom stereocenters. The first kappa shape index (κ1) is 14.5. The van der Waals surface area contributed by atoms with Gasteiger partial charge in [-0.1, -0.05) is 74.2 Å². The maximum Gasteiger partial charge on any atom is 0.0797 e. The summed E-state index contributed by atoms with van der Waals surface area (Å²) in [4.78, 5) is 0. The molecule has 0 fully saturated rings. The highest BCUT2D eigenvalue weighted by Crippen LogP contribution is 2.24. The largest absolute Gasteiger partial charge is 0.373 e. The maximum absolute atomic E-state index is 5.97. The van der Waals surface area contributed by atoms with Crippen molar-refractivity contribution in [3.8, 4) is 0 Å². The second-order valence-corrected chi connectivity index (χ2v) is 5.18. The summed E-state index contributed by atoms with van der Waals surface area (Å²) in [6.45, 7) is 9.13. The summed E-state index contributed by atoms with van der Waals surface area (Å²) in [6, 6.07) is 20.6. The van der Waals surface area contributed by atoms with E-state index in [1.165, 1.54) is 11.1 Å². The van der Waals surface area contributed by atoms with Gasteiger partial charge in [0.25, 0.3) is 0 Å². The van der Waals surface area contributed by atoms with E-state index >= 15 is 0 Å². The van der Waals surface area contributed by atoms with E-state index in [-0.39, 0.29) is 6.10 Å². The van der Waals surface area contributed by atoms with E-state index in [4.69, 9.17) is 4.74 Å². The lowest BCUT2D eigenvalue weighted by Gasteiger charge is -2.19. The average Bonchev–Trinajstić information content (AvgIpc) is 2.53. The van der Waals surface area contributed by atoms with Crippen LogP contribution in [0.2, 0.25) is 0 Å². The Hall–Kier alpha value is -1.86. The number of hydrogen-bond acceptors (Lipinski definition) is 1. The Kier molecular flexibility index (Phi) is 5.14. The highest BCUT2D eigenvalue weighted by atomic mass is 16.5. The first-order chi connectivity index (χ1) is 9.68. The minimum Gasteiger partial charge on any atom is -0.373 e. The van der Waals surface area contributed by atoms with Gasteiger partial charge in [0.05, 0.1) is 12.7 Å². The van der Waals surface area contributed by atoms with Crippen molar-refractivity contribution in [2.24, 2.45) is 5.92 Å². The summed E-state index contributed by atoms with van der Waals surface area (Å²) in [5.41, 5.74) is 3.53. The highest BCUT2D eigenvalue weighted by molar-refractivity contribution is 5.64. The van der Waals surface area contributed by atoms with Crippen LogP contribution in [0.4, 0.5) is 0 Å². The monoisotopic (exact) mass is 266 g/mol. The first-order valence-electron chi connectivity index (χ1n) is 7.09. The second-order valence-electron chi connectivity index (χ2n) is 5.18. The van der Waals surface area contributed by atoms with Gasteiger partial charge in [-0.05, 0) is 23.6 Å². The maximum atomic E-state index is 5.97. The highest BCUT2D eigenvalue weighted by Gasteiger charge is 2.12. The zero-order valence-corrected chi connectivity index (χ0v) is 12.3. The van der Waals surface area contributed by atoms with Crippen molar-refractivity contribution in [3.05, 3.63) is 78.4 Å². The van der Waals surface area contributed by atoms with E-state index in [1.54, 1.807) is 0 Å². The number of hydrogen-bond donors (Lipinski definition) is 0. The summed E-state index contributed by atoms with van der Waals surface area (Å²) < 4.78 is 5.97. The summed E-state index contributed by atoms with van der Waals surface area (Å²) in [7, 11) is 0. The molecule has 2 aromatic carbocycles. The molecule has 0 aliphatic carbocycles. The molecule has 0 aliphatic heterocycles. The molecular formula is C19H22O. The van der Waals surface area contributed by atoms with Gasteiger partial charge in [0.2, 0.25) is 0 Å². The summed E-state index contributed by atoms with van der Waals surface area (Å²) in [6.07, 6.45) is 0.113. The second kappa shape index (κ2) is 7.06. The number of rotatable bonds is 6. The molecule has 0 saturated carbocycles. The number of benzene rings is 2. The van der Waals surface area contributed by atoms with Gasteiger partial charge >= 0.3 is 0 Å². The molecule has 104 valence electrons. The van der Waals surface area contributed by atoms with Crippen molar-refractivity contribution in [1.82, 2.24) is 0 Å². The summed E-state index contributed by atoms with van der Waals surface area (Å²) in [5, 5.41) is 0. The van der Waals surface area contributed by atoms with Crippen molar-refractivity contribution in [1.29, 1.82) is 0 Å². The van der Waals surface area contributed by atoms with Crippen LogP contribution in [-0.4, -0.2) is 6.61 Å². The fraction of sp³-hybridized carbons (Fsp3) is 0.263. The molecule has 0 saturated heterocycles. The van der Waals surface area contributed by atoms with Crippen LogP contribution in [0.5, 0.6) is 0 Å². The Labute approximate surface area is 121 Å². The van der Waals surface area contributed by atoms with E-state index in [0.29, 0.717) is 12.5 Å². The van der Waals surface area contributed by atoms with Crippen molar-refractivity contribution in [2.45, 2.75) is 20.0 Å². The summed E-state index contributed by atoms with van der Waals surface area (Å²) in [5.74, 6) is 0.309. The number of ether oxygens (including phenoxy) is 1. The third kappa shape index (κ3) is 3.82. The molecule has 1 heteroatoms. The van der Waals surface area contributed by atoms with Crippen molar-refractivity contribution >= 4 is 5.57 Å². The first-order valence-corrected chi connectivity index (χ1v) is 7.09. The molecule has 0 spiro atoms. The zero-order valence-electron chi connectivity index (χ0n) is 12.3.